The van der Waals surface area contributed by atoms with Crippen molar-refractivity contribution in [2.45, 2.75) is 20.0 Å². The van der Waals surface area contributed by atoms with E-state index in [0.717, 1.165) is 11.1 Å². The third-order valence-corrected chi connectivity index (χ3v) is 4.11. The summed E-state index contributed by atoms with van der Waals surface area (Å²) in [6, 6.07) is 10.2. The summed E-state index contributed by atoms with van der Waals surface area (Å²) in [4.78, 5) is 35.6. The van der Waals surface area contributed by atoms with Crippen LogP contribution in [0, 0.1) is 6.92 Å². The van der Waals surface area contributed by atoms with E-state index < -0.39 is 17.8 Å². The summed E-state index contributed by atoms with van der Waals surface area (Å²) in [7, 11) is 0. The van der Waals surface area contributed by atoms with E-state index in [1.165, 1.54) is 0 Å². The van der Waals surface area contributed by atoms with Crippen molar-refractivity contribution in [1.82, 2.24) is 5.32 Å². The van der Waals surface area contributed by atoms with E-state index in [1.54, 1.807) is 36.4 Å². The summed E-state index contributed by atoms with van der Waals surface area (Å²) in [5.74, 6) is -1.39. The Labute approximate surface area is 143 Å². The molecule has 0 saturated heterocycles. The van der Waals surface area contributed by atoms with Gasteiger partial charge in [0.05, 0.1) is 17.5 Å². The quantitative estimate of drug-likeness (QED) is 0.684. The number of carbonyl (C=O) groups is 3. The van der Waals surface area contributed by atoms with Gasteiger partial charge < -0.3 is 4.74 Å². The minimum atomic E-state index is -0.480. The molecule has 0 spiro atoms. The van der Waals surface area contributed by atoms with Gasteiger partial charge in [-0.3, -0.25) is 19.7 Å². The highest BCUT2D eigenvalue weighted by atomic mass is 35.5. The minimum absolute atomic E-state index is 0.0729. The molecule has 0 aliphatic carbocycles. The third kappa shape index (κ3) is 3.16. The molecule has 1 N–H and O–H groups in total. The number of hydrogen-bond donors (Lipinski definition) is 1. The second kappa shape index (κ2) is 6.45. The molecule has 0 atom stereocenters. The zero-order valence-corrected chi connectivity index (χ0v) is 13.6. The Morgan fingerprint density at radius 1 is 1.12 bits per heavy atom. The second-order valence-electron chi connectivity index (χ2n) is 5.53. The lowest BCUT2D eigenvalue weighted by Gasteiger charge is -2.09. The van der Waals surface area contributed by atoms with E-state index in [0.29, 0.717) is 16.1 Å². The molecule has 1 heterocycles. The first kappa shape index (κ1) is 16.2. The minimum Gasteiger partial charge on any atom is -0.461 e. The molecule has 0 bridgehead atoms. The van der Waals surface area contributed by atoms with Crippen LogP contribution in [-0.4, -0.2) is 17.8 Å². The van der Waals surface area contributed by atoms with Crippen LogP contribution in [0.1, 0.15) is 37.4 Å². The Kier molecular flexibility index (Phi) is 4.36. The molecule has 6 heteroatoms. The lowest BCUT2D eigenvalue weighted by Crippen LogP contribution is -2.20. The van der Waals surface area contributed by atoms with Crippen LogP contribution in [0.4, 0.5) is 0 Å². The first-order valence-electron chi connectivity index (χ1n) is 7.34. The molecule has 5 nitrogen and oxygen atoms in total. The fourth-order valence-corrected chi connectivity index (χ4v) is 2.85. The van der Waals surface area contributed by atoms with Crippen LogP contribution in [0.3, 0.4) is 0 Å². The van der Waals surface area contributed by atoms with E-state index in [4.69, 9.17) is 16.3 Å². The van der Waals surface area contributed by atoms with E-state index >= 15 is 0 Å². The van der Waals surface area contributed by atoms with E-state index in [-0.39, 0.29) is 18.6 Å². The molecular formula is C18H14ClNO4. The van der Waals surface area contributed by atoms with Crippen LogP contribution in [0.25, 0.3) is 0 Å². The number of imide groups is 1. The number of hydrogen-bond acceptors (Lipinski definition) is 4. The predicted octanol–water partition coefficient (Wildman–Crippen LogP) is 2.82. The number of rotatable bonds is 4. The zero-order chi connectivity index (χ0) is 17.3. The maximum atomic E-state index is 12.1. The topological polar surface area (TPSA) is 72.5 Å². The first-order valence-corrected chi connectivity index (χ1v) is 7.71. The van der Waals surface area contributed by atoms with Crippen molar-refractivity contribution < 1.29 is 19.1 Å². The lowest BCUT2D eigenvalue weighted by molar-refractivity contribution is -0.144. The molecule has 24 heavy (non-hydrogen) atoms. The lowest BCUT2D eigenvalue weighted by atomic mass is 10.0. The van der Waals surface area contributed by atoms with Crippen LogP contribution < -0.4 is 5.32 Å². The molecule has 0 saturated carbocycles. The Morgan fingerprint density at radius 2 is 1.92 bits per heavy atom. The number of nitrogens with one attached hydrogen (secondary N) is 1. The second-order valence-corrected chi connectivity index (χ2v) is 5.97. The molecule has 0 unspecified atom stereocenters. The van der Waals surface area contributed by atoms with Crippen molar-refractivity contribution in [2.24, 2.45) is 0 Å². The van der Waals surface area contributed by atoms with Gasteiger partial charge in [-0.05, 0) is 41.8 Å². The van der Waals surface area contributed by atoms with Crippen LogP contribution in [0.2, 0.25) is 5.02 Å². The van der Waals surface area contributed by atoms with Gasteiger partial charge in [-0.25, -0.2) is 0 Å². The number of benzene rings is 2. The maximum absolute atomic E-state index is 12.1. The average molecular weight is 344 g/mol. The maximum Gasteiger partial charge on any atom is 0.310 e. The van der Waals surface area contributed by atoms with Crippen molar-refractivity contribution in [2.75, 3.05) is 0 Å². The summed E-state index contributed by atoms with van der Waals surface area (Å²) in [6.07, 6.45) is -0.0729. The normalized spacial score (nSPS) is 12.8. The van der Waals surface area contributed by atoms with Gasteiger partial charge in [-0.1, -0.05) is 29.8 Å². The summed E-state index contributed by atoms with van der Waals surface area (Å²) in [6.45, 7) is 2.01. The Bertz CT molecular complexity index is 860. The van der Waals surface area contributed by atoms with Gasteiger partial charge in [-0.2, -0.15) is 0 Å². The summed E-state index contributed by atoms with van der Waals surface area (Å²) >= 11 is 5.89. The number of amides is 2. The monoisotopic (exact) mass is 343 g/mol. The highest BCUT2D eigenvalue weighted by molar-refractivity contribution is 6.30. The molecule has 2 aromatic carbocycles. The SMILES string of the molecule is Cc1cc(Cl)ccc1COC(=O)Cc1cccc2c1C(=O)NC2=O. The largest absolute Gasteiger partial charge is 0.461 e. The standard InChI is InChI=1S/C18H14ClNO4/c1-10-7-13(19)6-5-12(10)9-24-15(21)8-11-3-2-4-14-16(11)18(23)20-17(14)22/h2-7H,8-9H2,1H3,(H,20,22,23). The number of esters is 1. The van der Waals surface area contributed by atoms with Gasteiger partial charge >= 0.3 is 5.97 Å². The first-order chi connectivity index (χ1) is 11.5. The Balaban J connectivity index is 1.70. The molecule has 1 aliphatic heterocycles. The van der Waals surface area contributed by atoms with Gasteiger partial charge in [0, 0.05) is 5.02 Å². The molecule has 122 valence electrons. The number of ether oxygens (including phenoxy) is 1. The molecule has 0 radical (unpaired) electrons. The summed E-state index contributed by atoms with van der Waals surface area (Å²) in [5, 5.41) is 2.85. The average Bonchev–Trinajstić information content (AvgIpc) is 2.82. The van der Waals surface area contributed by atoms with Crippen molar-refractivity contribution in [3.8, 4) is 0 Å². The molecule has 2 amide bonds. The summed E-state index contributed by atoms with van der Waals surface area (Å²) in [5.41, 5.74) is 2.81. The fraction of sp³-hybridized carbons (Fsp3) is 0.167. The summed E-state index contributed by atoms with van der Waals surface area (Å²) < 4.78 is 5.28. The molecule has 3 rings (SSSR count). The van der Waals surface area contributed by atoms with Gasteiger partial charge in [0.15, 0.2) is 0 Å². The van der Waals surface area contributed by atoms with Crippen molar-refractivity contribution in [3.63, 3.8) is 0 Å². The van der Waals surface area contributed by atoms with Gasteiger partial charge in [0.25, 0.3) is 11.8 Å². The van der Waals surface area contributed by atoms with Crippen LogP contribution in [0.15, 0.2) is 36.4 Å². The molecule has 0 aromatic heterocycles. The highest BCUT2D eigenvalue weighted by Gasteiger charge is 2.29. The number of fused-ring (bicyclic) bond motifs is 1. The Morgan fingerprint density at radius 3 is 2.67 bits per heavy atom. The van der Waals surface area contributed by atoms with E-state index in [2.05, 4.69) is 5.32 Å². The molecule has 1 aliphatic rings. The van der Waals surface area contributed by atoms with Crippen LogP contribution >= 0.6 is 11.6 Å². The van der Waals surface area contributed by atoms with E-state index in [1.807, 2.05) is 6.92 Å². The Hall–Kier alpha value is -2.66. The predicted molar refractivity (Wildman–Crippen MR) is 87.9 cm³/mol. The van der Waals surface area contributed by atoms with Gasteiger partial charge in [0.1, 0.15) is 6.61 Å². The highest BCUT2D eigenvalue weighted by Crippen LogP contribution is 2.21. The number of halogens is 1. The van der Waals surface area contributed by atoms with Crippen LogP contribution in [-0.2, 0) is 22.6 Å². The van der Waals surface area contributed by atoms with Gasteiger partial charge in [0.2, 0.25) is 0 Å². The van der Waals surface area contributed by atoms with Gasteiger partial charge in [-0.15, -0.1) is 0 Å². The molecular weight excluding hydrogens is 330 g/mol. The fourth-order valence-electron chi connectivity index (χ4n) is 2.62. The third-order valence-electron chi connectivity index (χ3n) is 3.88. The van der Waals surface area contributed by atoms with Crippen molar-refractivity contribution in [1.29, 1.82) is 0 Å². The van der Waals surface area contributed by atoms with E-state index in [9.17, 15) is 14.4 Å². The smallest absolute Gasteiger partial charge is 0.310 e. The molecule has 0 fully saturated rings. The number of carbonyl (C=O) groups excluding carboxylic acids is 3. The van der Waals surface area contributed by atoms with Crippen LogP contribution in [0.5, 0.6) is 0 Å². The zero-order valence-electron chi connectivity index (χ0n) is 12.9. The van der Waals surface area contributed by atoms with Crippen molar-refractivity contribution >= 4 is 29.4 Å². The molecule has 2 aromatic rings. The number of aryl methyl sites for hydroxylation is 1. The van der Waals surface area contributed by atoms with Crippen molar-refractivity contribution in [3.05, 3.63) is 69.2 Å².